The molecule has 2 aromatic rings. The molecule has 2 aromatic carbocycles. The zero-order valence-electron chi connectivity index (χ0n) is 13.2. The zero-order chi connectivity index (χ0) is 17.0. The number of hydrogen-bond donors (Lipinski definition) is 1. The summed E-state index contributed by atoms with van der Waals surface area (Å²) in [6.45, 7) is 3.61. The number of esters is 1. The maximum atomic E-state index is 11.9. The van der Waals surface area contributed by atoms with Crippen LogP contribution in [0.2, 0.25) is 5.02 Å². The molecule has 0 saturated heterocycles. The monoisotopic (exact) mass is 331 g/mol. The first-order chi connectivity index (χ1) is 10.9. The van der Waals surface area contributed by atoms with Gasteiger partial charge in [0.25, 0.3) is 0 Å². The van der Waals surface area contributed by atoms with Crippen LogP contribution >= 0.6 is 11.6 Å². The summed E-state index contributed by atoms with van der Waals surface area (Å²) >= 11 is 5.91. The molecule has 1 amide bonds. The standard InChI is InChI=1S/C18H18ClNO3/c1-11(2)17(21)20-16-9-13(8-14(10-16)18(22)23-3)12-4-6-15(19)7-5-12/h4-11H,1-3H3,(H,20,21). The number of rotatable bonds is 4. The molecule has 5 heteroatoms. The van der Waals surface area contributed by atoms with E-state index in [-0.39, 0.29) is 11.8 Å². The molecule has 0 aliphatic rings. The van der Waals surface area contributed by atoms with Crippen molar-refractivity contribution in [3.05, 3.63) is 53.1 Å². The van der Waals surface area contributed by atoms with Gasteiger partial charge in [-0.2, -0.15) is 0 Å². The van der Waals surface area contributed by atoms with Crippen molar-refractivity contribution in [2.45, 2.75) is 13.8 Å². The number of carbonyl (C=O) groups is 2. The highest BCUT2D eigenvalue weighted by atomic mass is 35.5. The van der Waals surface area contributed by atoms with E-state index in [1.807, 2.05) is 18.2 Å². The molecule has 0 aliphatic heterocycles. The third kappa shape index (κ3) is 4.33. The third-order valence-corrected chi connectivity index (χ3v) is 3.58. The average molecular weight is 332 g/mol. The van der Waals surface area contributed by atoms with E-state index in [0.29, 0.717) is 16.3 Å². The first-order valence-corrected chi connectivity index (χ1v) is 7.58. The largest absolute Gasteiger partial charge is 0.465 e. The Morgan fingerprint density at radius 1 is 1.04 bits per heavy atom. The van der Waals surface area contributed by atoms with Gasteiger partial charge in [0, 0.05) is 16.6 Å². The molecule has 0 atom stereocenters. The Bertz CT molecular complexity index is 724. The fourth-order valence-electron chi connectivity index (χ4n) is 2.03. The summed E-state index contributed by atoms with van der Waals surface area (Å²) in [5, 5.41) is 3.44. The highest BCUT2D eigenvalue weighted by Gasteiger charge is 2.13. The molecule has 0 aromatic heterocycles. The smallest absolute Gasteiger partial charge is 0.337 e. The number of carbonyl (C=O) groups excluding carboxylic acids is 2. The van der Waals surface area contributed by atoms with Crippen molar-refractivity contribution in [1.29, 1.82) is 0 Å². The van der Waals surface area contributed by atoms with Crippen LogP contribution in [0.1, 0.15) is 24.2 Å². The van der Waals surface area contributed by atoms with Crippen molar-refractivity contribution in [2.75, 3.05) is 12.4 Å². The van der Waals surface area contributed by atoms with E-state index in [4.69, 9.17) is 16.3 Å². The van der Waals surface area contributed by atoms with Crippen LogP contribution in [-0.2, 0) is 9.53 Å². The first kappa shape index (κ1) is 17.0. The van der Waals surface area contributed by atoms with Crippen molar-refractivity contribution in [3.8, 4) is 11.1 Å². The molecule has 23 heavy (non-hydrogen) atoms. The molecule has 0 fully saturated rings. The van der Waals surface area contributed by atoms with Crippen LogP contribution < -0.4 is 5.32 Å². The van der Waals surface area contributed by atoms with Gasteiger partial charge in [-0.3, -0.25) is 4.79 Å². The number of anilines is 1. The Hall–Kier alpha value is -2.33. The summed E-state index contributed by atoms with van der Waals surface area (Å²) in [5.74, 6) is -0.731. The van der Waals surface area contributed by atoms with E-state index in [0.717, 1.165) is 11.1 Å². The molecule has 1 N–H and O–H groups in total. The van der Waals surface area contributed by atoms with E-state index < -0.39 is 5.97 Å². The predicted octanol–water partition coefficient (Wildman–Crippen LogP) is 4.39. The van der Waals surface area contributed by atoms with Gasteiger partial charge in [-0.25, -0.2) is 4.79 Å². The normalized spacial score (nSPS) is 10.5. The Morgan fingerprint density at radius 3 is 2.26 bits per heavy atom. The Kier molecular flexibility index (Phi) is 5.40. The Balaban J connectivity index is 2.46. The second-order valence-corrected chi connectivity index (χ2v) is 5.88. The maximum absolute atomic E-state index is 11.9. The Morgan fingerprint density at radius 2 is 1.70 bits per heavy atom. The van der Waals surface area contributed by atoms with Gasteiger partial charge in [-0.1, -0.05) is 37.6 Å². The van der Waals surface area contributed by atoms with E-state index >= 15 is 0 Å². The SMILES string of the molecule is COC(=O)c1cc(NC(=O)C(C)C)cc(-c2ccc(Cl)cc2)c1. The van der Waals surface area contributed by atoms with Crippen LogP contribution in [-0.4, -0.2) is 19.0 Å². The molecule has 120 valence electrons. The van der Waals surface area contributed by atoms with Crippen LogP contribution in [0.15, 0.2) is 42.5 Å². The van der Waals surface area contributed by atoms with Crippen molar-refractivity contribution < 1.29 is 14.3 Å². The lowest BCUT2D eigenvalue weighted by Crippen LogP contribution is -2.18. The maximum Gasteiger partial charge on any atom is 0.337 e. The van der Waals surface area contributed by atoms with E-state index in [1.54, 1.807) is 38.1 Å². The zero-order valence-corrected chi connectivity index (χ0v) is 14.0. The van der Waals surface area contributed by atoms with Crippen molar-refractivity contribution >= 4 is 29.2 Å². The van der Waals surface area contributed by atoms with Crippen LogP contribution in [0.5, 0.6) is 0 Å². The number of amides is 1. The highest BCUT2D eigenvalue weighted by molar-refractivity contribution is 6.30. The predicted molar refractivity (Wildman–Crippen MR) is 91.7 cm³/mol. The molecule has 0 aliphatic carbocycles. The molecule has 0 radical (unpaired) electrons. The number of methoxy groups -OCH3 is 1. The van der Waals surface area contributed by atoms with Gasteiger partial charge in [0.15, 0.2) is 0 Å². The number of ether oxygens (including phenoxy) is 1. The fourth-order valence-corrected chi connectivity index (χ4v) is 2.16. The lowest BCUT2D eigenvalue weighted by molar-refractivity contribution is -0.118. The number of hydrogen-bond acceptors (Lipinski definition) is 3. The molecule has 0 unspecified atom stereocenters. The quantitative estimate of drug-likeness (QED) is 0.845. The van der Waals surface area contributed by atoms with Crippen molar-refractivity contribution in [3.63, 3.8) is 0 Å². The molecule has 0 heterocycles. The summed E-state index contributed by atoms with van der Waals surface area (Å²) in [6.07, 6.45) is 0. The molecular formula is C18H18ClNO3. The van der Waals surface area contributed by atoms with Gasteiger partial charge in [-0.05, 0) is 41.5 Å². The molecule has 2 rings (SSSR count). The van der Waals surface area contributed by atoms with Crippen LogP contribution in [0.25, 0.3) is 11.1 Å². The number of benzene rings is 2. The summed E-state index contributed by atoms with van der Waals surface area (Å²) in [6, 6.07) is 12.4. The summed E-state index contributed by atoms with van der Waals surface area (Å²) < 4.78 is 4.78. The minimum atomic E-state index is -0.458. The minimum absolute atomic E-state index is 0.117. The fraction of sp³-hybridized carbons (Fsp3) is 0.222. The molecule has 0 spiro atoms. The number of halogens is 1. The first-order valence-electron chi connectivity index (χ1n) is 7.21. The Labute approximate surface area is 140 Å². The van der Waals surface area contributed by atoms with Crippen LogP contribution in [0, 0.1) is 5.92 Å². The van der Waals surface area contributed by atoms with Gasteiger partial charge in [0.2, 0.25) is 5.91 Å². The summed E-state index contributed by atoms with van der Waals surface area (Å²) in [7, 11) is 1.32. The van der Waals surface area contributed by atoms with Crippen LogP contribution in [0.4, 0.5) is 5.69 Å². The topological polar surface area (TPSA) is 55.4 Å². The summed E-state index contributed by atoms with van der Waals surface area (Å²) in [4.78, 5) is 23.8. The molecule has 0 saturated carbocycles. The van der Waals surface area contributed by atoms with E-state index in [1.165, 1.54) is 7.11 Å². The van der Waals surface area contributed by atoms with Crippen molar-refractivity contribution in [1.82, 2.24) is 0 Å². The van der Waals surface area contributed by atoms with Gasteiger partial charge >= 0.3 is 5.97 Å². The van der Waals surface area contributed by atoms with Crippen LogP contribution in [0.3, 0.4) is 0 Å². The van der Waals surface area contributed by atoms with Gasteiger partial charge in [-0.15, -0.1) is 0 Å². The van der Waals surface area contributed by atoms with Crippen molar-refractivity contribution in [2.24, 2.45) is 5.92 Å². The van der Waals surface area contributed by atoms with Gasteiger partial charge < -0.3 is 10.1 Å². The lowest BCUT2D eigenvalue weighted by Gasteiger charge is -2.12. The second kappa shape index (κ2) is 7.29. The minimum Gasteiger partial charge on any atom is -0.465 e. The number of nitrogens with one attached hydrogen (secondary N) is 1. The molecule has 0 bridgehead atoms. The molecular weight excluding hydrogens is 314 g/mol. The van der Waals surface area contributed by atoms with Gasteiger partial charge in [0.05, 0.1) is 12.7 Å². The summed E-state index contributed by atoms with van der Waals surface area (Å²) in [5.41, 5.74) is 2.61. The lowest BCUT2D eigenvalue weighted by atomic mass is 10.0. The van der Waals surface area contributed by atoms with E-state index in [9.17, 15) is 9.59 Å². The highest BCUT2D eigenvalue weighted by Crippen LogP contribution is 2.27. The average Bonchev–Trinajstić information content (AvgIpc) is 2.54. The second-order valence-electron chi connectivity index (χ2n) is 5.44. The van der Waals surface area contributed by atoms with Gasteiger partial charge in [0.1, 0.15) is 0 Å². The third-order valence-electron chi connectivity index (χ3n) is 3.32. The molecule has 4 nitrogen and oxygen atoms in total. The van der Waals surface area contributed by atoms with E-state index in [2.05, 4.69) is 5.32 Å².